The van der Waals surface area contributed by atoms with E-state index in [0.29, 0.717) is 0 Å². The highest BCUT2D eigenvalue weighted by Gasteiger charge is 2.11. The molecule has 0 saturated carbocycles. The summed E-state index contributed by atoms with van der Waals surface area (Å²) in [6.07, 6.45) is 0.908. The van der Waals surface area contributed by atoms with Crippen LogP contribution < -0.4 is 5.69 Å². The van der Waals surface area contributed by atoms with Crippen LogP contribution in [-0.4, -0.2) is 31.8 Å². The van der Waals surface area contributed by atoms with Gasteiger partial charge in [0.05, 0.1) is 30.3 Å². The van der Waals surface area contributed by atoms with Crippen molar-refractivity contribution in [3.63, 3.8) is 0 Å². The first-order chi connectivity index (χ1) is 6.99. The zero-order valence-corrected chi connectivity index (χ0v) is 8.39. The SMILES string of the molecule is O=C(O)CC(O)Cn1cc(Cl)cnc1=O. The summed E-state index contributed by atoms with van der Waals surface area (Å²) in [7, 11) is 0. The molecular formula is C8H9ClN2O4. The first kappa shape index (κ1) is 11.7. The van der Waals surface area contributed by atoms with Gasteiger partial charge in [0.2, 0.25) is 0 Å². The van der Waals surface area contributed by atoms with Gasteiger partial charge >= 0.3 is 11.7 Å². The van der Waals surface area contributed by atoms with Crippen LogP contribution >= 0.6 is 11.6 Å². The van der Waals surface area contributed by atoms with Gasteiger partial charge in [-0.1, -0.05) is 11.6 Å². The molecule has 1 aromatic heterocycles. The Morgan fingerprint density at radius 1 is 1.67 bits per heavy atom. The van der Waals surface area contributed by atoms with Crippen LogP contribution in [0.15, 0.2) is 17.2 Å². The first-order valence-electron chi connectivity index (χ1n) is 4.11. The molecule has 0 aliphatic heterocycles. The normalized spacial score (nSPS) is 12.4. The Kier molecular flexibility index (Phi) is 3.81. The van der Waals surface area contributed by atoms with Crippen molar-refractivity contribution in [3.8, 4) is 0 Å². The largest absolute Gasteiger partial charge is 0.481 e. The minimum atomic E-state index is -1.14. The van der Waals surface area contributed by atoms with Crippen LogP contribution in [0, 0.1) is 0 Å². The zero-order valence-electron chi connectivity index (χ0n) is 7.63. The Morgan fingerprint density at radius 2 is 2.33 bits per heavy atom. The predicted octanol–water partition coefficient (Wildman–Crippen LogP) is -0.268. The molecule has 0 bridgehead atoms. The van der Waals surface area contributed by atoms with Gasteiger partial charge in [-0.15, -0.1) is 0 Å². The zero-order chi connectivity index (χ0) is 11.4. The topological polar surface area (TPSA) is 92.4 Å². The lowest BCUT2D eigenvalue weighted by atomic mass is 10.2. The third-order valence-electron chi connectivity index (χ3n) is 1.64. The van der Waals surface area contributed by atoms with Crippen LogP contribution in [0.2, 0.25) is 5.02 Å². The molecule has 82 valence electrons. The molecule has 15 heavy (non-hydrogen) atoms. The summed E-state index contributed by atoms with van der Waals surface area (Å²) in [6.45, 7) is -0.140. The van der Waals surface area contributed by atoms with E-state index >= 15 is 0 Å². The van der Waals surface area contributed by atoms with E-state index < -0.39 is 24.2 Å². The van der Waals surface area contributed by atoms with Gasteiger partial charge in [0.1, 0.15) is 0 Å². The molecular weight excluding hydrogens is 224 g/mol. The highest BCUT2D eigenvalue weighted by Crippen LogP contribution is 2.03. The second kappa shape index (κ2) is 4.90. The number of rotatable bonds is 4. The van der Waals surface area contributed by atoms with Crippen LogP contribution in [-0.2, 0) is 11.3 Å². The summed E-state index contributed by atoms with van der Waals surface area (Å²) in [4.78, 5) is 24.8. The molecule has 0 spiro atoms. The molecule has 1 atom stereocenters. The third kappa shape index (κ3) is 3.69. The monoisotopic (exact) mass is 232 g/mol. The Bertz CT molecular complexity index is 417. The van der Waals surface area contributed by atoms with Gasteiger partial charge in [0.15, 0.2) is 0 Å². The van der Waals surface area contributed by atoms with Crippen molar-refractivity contribution in [2.75, 3.05) is 0 Å². The summed E-state index contributed by atoms with van der Waals surface area (Å²) in [5.74, 6) is -1.13. The number of carboxylic acid groups (broad SMARTS) is 1. The lowest BCUT2D eigenvalue weighted by Gasteiger charge is -2.09. The average molecular weight is 233 g/mol. The maximum Gasteiger partial charge on any atom is 0.347 e. The van der Waals surface area contributed by atoms with Gasteiger partial charge in [-0.2, -0.15) is 0 Å². The molecule has 0 fully saturated rings. The molecule has 1 aromatic rings. The number of halogens is 1. The van der Waals surface area contributed by atoms with E-state index in [9.17, 15) is 14.7 Å². The van der Waals surface area contributed by atoms with E-state index in [0.717, 1.165) is 4.57 Å². The molecule has 0 amide bonds. The molecule has 0 radical (unpaired) electrons. The van der Waals surface area contributed by atoms with Gasteiger partial charge in [-0.3, -0.25) is 9.36 Å². The van der Waals surface area contributed by atoms with Gasteiger partial charge < -0.3 is 10.2 Å². The van der Waals surface area contributed by atoms with Crippen molar-refractivity contribution in [2.45, 2.75) is 19.1 Å². The minimum absolute atomic E-state index is 0.140. The van der Waals surface area contributed by atoms with E-state index in [-0.39, 0.29) is 11.6 Å². The minimum Gasteiger partial charge on any atom is -0.481 e. The second-order valence-corrected chi connectivity index (χ2v) is 3.40. The molecule has 6 nitrogen and oxygen atoms in total. The van der Waals surface area contributed by atoms with E-state index in [1.54, 1.807) is 0 Å². The van der Waals surface area contributed by atoms with Crippen LogP contribution in [0.1, 0.15) is 6.42 Å². The number of aromatic nitrogens is 2. The molecule has 2 N–H and O–H groups in total. The Hall–Kier alpha value is -1.40. The second-order valence-electron chi connectivity index (χ2n) is 2.96. The fourth-order valence-corrected chi connectivity index (χ4v) is 1.22. The van der Waals surface area contributed by atoms with E-state index in [1.165, 1.54) is 12.4 Å². The van der Waals surface area contributed by atoms with Gasteiger partial charge in [0, 0.05) is 6.20 Å². The summed E-state index contributed by atoms with van der Waals surface area (Å²) >= 11 is 5.59. The Balaban J connectivity index is 2.76. The summed E-state index contributed by atoms with van der Waals surface area (Å²) in [5, 5.41) is 17.9. The first-order valence-corrected chi connectivity index (χ1v) is 4.48. The highest BCUT2D eigenvalue weighted by molar-refractivity contribution is 6.30. The number of nitrogens with zero attached hydrogens (tertiary/aromatic N) is 2. The maximum absolute atomic E-state index is 11.1. The molecule has 0 aromatic carbocycles. The summed E-state index contributed by atoms with van der Waals surface area (Å²) in [5.41, 5.74) is -0.580. The highest BCUT2D eigenvalue weighted by atomic mass is 35.5. The smallest absolute Gasteiger partial charge is 0.347 e. The fraction of sp³-hybridized carbons (Fsp3) is 0.375. The quantitative estimate of drug-likeness (QED) is 0.746. The van der Waals surface area contributed by atoms with Crippen molar-refractivity contribution in [2.24, 2.45) is 0 Å². The van der Waals surface area contributed by atoms with Crippen molar-refractivity contribution in [3.05, 3.63) is 27.9 Å². The number of carboxylic acids is 1. The summed E-state index contributed by atoms with van der Waals surface area (Å²) < 4.78 is 1.07. The van der Waals surface area contributed by atoms with Crippen molar-refractivity contribution < 1.29 is 15.0 Å². The molecule has 0 saturated heterocycles. The third-order valence-corrected chi connectivity index (χ3v) is 1.84. The fourth-order valence-electron chi connectivity index (χ4n) is 1.05. The lowest BCUT2D eigenvalue weighted by Crippen LogP contribution is -2.29. The number of hydrogen-bond donors (Lipinski definition) is 2. The number of hydrogen-bond acceptors (Lipinski definition) is 4. The summed E-state index contributed by atoms with van der Waals surface area (Å²) in [6, 6.07) is 0. The number of carbonyl (C=O) groups is 1. The van der Waals surface area contributed by atoms with Gasteiger partial charge in [0.25, 0.3) is 0 Å². The van der Waals surface area contributed by atoms with Crippen molar-refractivity contribution in [1.29, 1.82) is 0 Å². The molecule has 7 heteroatoms. The van der Waals surface area contributed by atoms with Crippen LogP contribution in [0.4, 0.5) is 0 Å². The van der Waals surface area contributed by atoms with Crippen LogP contribution in [0.3, 0.4) is 0 Å². The molecule has 1 rings (SSSR count). The van der Waals surface area contributed by atoms with E-state index in [2.05, 4.69) is 4.98 Å². The number of aliphatic hydroxyl groups is 1. The predicted molar refractivity (Wildman–Crippen MR) is 51.8 cm³/mol. The number of aliphatic hydroxyl groups excluding tert-OH is 1. The average Bonchev–Trinajstić information content (AvgIpc) is 2.10. The Morgan fingerprint density at radius 3 is 2.93 bits per heavy atom. The number of aliphatic carboxylic acids is 1. The van der Waals surface area contributed by atoms with Crippen molar-refractivity contribution in [1.82, 2.24) is 9.55 Å². The van der Waals surface area contributed by atoms with Crippen LogP contribution in [0.5, 0.6) is 0 Å². The molecule has 1 unspecified atom stereocenters. The van der Waals surface area contributed by atoms with E-state index in [4.69, 9.17) is 16.7 Å². The lowest BCUT2D eigenvalue weighted by molar-refractivity contribution is -0.139. The van der Waals surface area contributed by atoms with Gasteiger partial charge in [-0.05, 0) is 0 Å². The molecule has 1 heterocycles. The molecule has 0 aliphatic carbocycles. The standard InChI is InChI=1S/C8H9ClN2O4/c9-5-2-10-8(15)11(3-5)4-6(12)1-7(13)14/h2-3,6,12H,1,4H2,(H,13,14). The van der Waals surface area contributed by atoms with Crippen molar-refractivity contribution >= 4 is 17.6 Å². The van der Waals surface area contributed by atoms with Crippen LogP contribution in [0.25, 0.3) is 0 Å². The molecule has 0 aliphatic rings. The Labute approximate surface area is 89.8 Å². The van der Waals surface area contributed by atoms with Gasteiger partial charge in [-0.25, -0.2) is 9.78 Å². The maximum atomic E-state index is 11.1. The van der Waals surface area contributed by atoms with E-state index in [1.807, 2.05) is 0 Å².